The van der Waals surface area contributed by atoms with Crippen LogP contribution >= 0.6 is 23.4 Å². The van der Waals surface area contributed by atoms with Crippen LogP contribution in [0, 0.1) is 12.7 Å². The Labute approximate surface area is 165 Å². The summed E-state index contributed by atoms with van der Waals surface area (Å²) in [4.78, 5) is 25.0. The lowest BCUT2D eigenvalue weighted by atomic mass is 10.0. The molecular formula is C18H20ClFN2O4S. The molecule has 0 radical (unpaired) electrons. The number of carbonyl (C=O) groups excluding carboxylic acids is 2. The number of thioether (sulfide) groups is 1. The maximum Gasteiger partial charge on any atom is 0.328 e. The Balaban J connectivity index is 2.36. The number of nitrogens with zero attached hydrogens (tertiary/aromatic N) is 1. The SMILES string of the molecule is CCOC(=O)[C@H](CCSC)NC(=O)c1c(-c2c(F)cccc2Cl)noc1C. The van der Waals surface area contributed by atoms with Crippen molar-refractivity contribution in [1.29, 1.82) is 0 Å². The van der Waals surface area contributed by atoms with E-state index in [0.717, 1.165) is 0 Å². The van der Waals surface area contributed by atoms with E-state index >= 15 is 0 Å². The minimum absolute atomic E-state index is 0.0134. The highest BCUT2D eigenvalue weighted by Crippen LogP contribution is 2.33. The smallest absolute Gasteiger partial charge is 0.328 e. The van der Waals surface area contributed by atoms with Gasteiger partial charge in [-0.15, -0.1) is 0 Å². The first-order chi connectivity index (χ1) is 12.9. The molecule has 0 spiro atoms. The first-order valence-corrected chi connectivity index (χ1v) is 10.0. The second-order valence-corrected chi connectivity index (χ2v) is 7.01. The molecule has 2 rings (SSSR count). The molecule has 0 saturated heterocycles. The molecule has 0 unspecified atom stereocenters. The van der Waals surface area contributed by atoms with Crippen LogP contribution in [0.2, 0.25) is 5.02 Å². The van der Waals surface area contributed by atoms with Gasteiger partial charge in [0.15, 0.2) is 0 Å². The molecule has 0 aliphatic carbocycles. The quantitative estimate of drug-likeness (QED) is 0.660. The predicted octanol–water partition coefficient (Wildman–Crippen LogP) is 3.86. The molecule has 9 heteroatoms. The van der Waals surface area contributed by atoms with E-state index in [-0.39, 0.29) is 34.2 Å². The fourth-order valence-corrected chi connectivity index (χ4v) is 3.22. The van der Waals surface area contributed by atoms with Crippen LogP contribution in [-0.2, 0) is 9.53 Å². The summed E-state index contributed by atoms with van der Waals surface area (Å²) in [7, 11) is 0. The van der Waals surface area contributed by atoms with Crippen LogP contribution in [0.25, 0.3) is 11.3 Å². The summed E-state index contributed by atoms with van der Waals surface area (Å²) in [6.45, 7) is 3.42. The van der Waals surface area contributed by atoms with Crippen LogP contribution in [0.1, 0.15) is 29.5 Å². The van der Waals surface area contributed by atoms with E-state index in [1.165, 1.54) is 25.1 Å². The highest BCUT2D eigenvalue weighted by atomic mass is 35.5. The molecule has 0 fully saturated rings. The number of ether oxygens (including phenoxy) is 1. The van der Waals surface area contributed by atoms with Gasteiger partial charge in [-0.05, 0) is 44.4 Å². The number of aromatic nitrogens is 1. The number of esters is 1. The van der Waals surface area contributed by atoms with Crippen LogP contribution in [0.15, 0.2) is 22.7 Å². The summed E-state index contributed by atoms with van der Waals surface area (Å²) in [5, 5.41) is 6.53. The minimum Gasteiger partial charge on any atom is -0.464 e. The Kier molecular flexibility index (Phi) is 7.67. The van der Waals surface area contributed by atoms with Crippen molar-refractivity contribution in [3.05, 3.63) is 40.4 Å². The summed E-state index contributed by atoms with van der Waals surface area (Å²) in [6, 6.07) is 3.33. The Hall–Kier alpha value is -2.06. The molecule has 27 heavy (non-hydrogen) atoms. The number of hydrogen-bond donors (Lipinski definition) is 1. The highest BCUT2D eigenvalue weighted by molar-refractivity contribution is 7.98. The van der Waals surface area contributed by atoms with E-state index in [0.29, 0.717) is 12.2 Å². The molecule has 1 aromatic carbocycles. The third-order valence-electron chi connectivity index (χ3n) is 3.78. The molecule has 1 amide bonds. The Morgan fingerprint density at radius 1 is 1.44 bits per heavy atom. The Morgan fingerprint density at radius 3 is 2.81 bits per heavy atom. The number of amides is 1. The largest absolute Gasteiger partial charge is 0.464 e. The van der Waals surface area contributed by atoms with Gasteiger partial charge in [0.1, 0.15) is 28.9 Å². The molecule has 1 N–H and O–H groups in total. The van der Waals surface area contributed by atoms with Gasteiger partial charge >= 0.3 is 5.97 Å². The minimum atomic E-state index is -0.830. The van der Waals surface area contributed by atoms with Crippen molar-refractivity contribution in [3.8, 4) is 11.3 Å². The summed E-state index contributed by atoms with van der Waals surface area (Å²) < 4.78 is 24.4. The standard InChI is InChI=1S/C18H20ClFN2O4S/c1-4-25-18(24)13(8-9-27-3)21-17(23)14-10(2)26-22-16(14)15-11(19)6-5-7-12(15)20/h5-7,13H,4,8-9H2,1-3H3,(H,21,23)/t13-/m0/s1. The number of aryl methyl sites for hydroxylation is 1. The van der Waals surface area contributed by atoms with Gasteiger partial charge in [0.2, 0.25) is 0 Å². The molecule has 146 valence electrons. The molecule has 0 aliphatic heterocycles. The van der Waals surface area contributed by atoms with Crippen molar-refractivity contribution in [1.82, 2.24) is 10.5 Å². The van der Waals surface area contributed by atoms with Gasteiger partial charge in [-0.2, -0.15) is 11.8 Å². The number of nitrogens with one attached hydrogen (secondary N) is 1. The summed E-state index contributed by atoms with van der Waals surface area (Å²) in [6.07, 6.45) is 2.29. The lowest BCUT2D eigenvalue weighted by molar-refractivity contribution is -0.145. The van der Waals surface area contributed by atoms with Gasteiger partial charge < -0.3 is 14.6 Å². The molecule has 0 saturated carbocycles. The van der Waals surface area contributed by atoms with E-state index in [9.17, 15) is 14.0 Å². The molecule has 1 heterocycles. The molecule has 0 bridgehead atoms. The third-order valence-corrected chi connectivity index (χ3v) is 4.74. The lowest BCUT2D eigenvalue weighted by Gasteiger charge is -2.17. The van der Waals surface area contributed by atoms with E-state index in [4.69, 9.17) is 20.9 Å². The van der Waals surface area contributed by atoms with Crippen LogP contribution in [-0.4, -0.2) is 41.7 Å². The number of carbonyl (C=O) groups is 2. The average molecular weight is 415 g/mol. The zero-order valence-electron chi connectivity index (χ0n) is 15.2. The van der Waals surface area contributed by atoms with Gasteiger partial charge in [0, 0.05) is 0 Å². The van der Waals surface area contributed by atoms with Crippen LogP contribution in [0.4, 0.5) is 4.39 Å². The van der Waals surface area contributed by atoms with Crippen molar-refractivity contribution >= 4 is 35.2 Å². The molecular weight excluding hydrogens is 395 g/mol. The van der Waals surface area contributed by atoms with Crippen molar-refractivity contribution in [2.75, 3.05) is 18.6 Å². The highest BCUT2D eigenvalue weighted by Gasteiger charge is 2.29. The first kappa shape index (κ1) is 21.2. The Bertz CT molecular complexity index is 807. The number of halogens is 2. The van der Waals surface area contributed by atoms with Gasteiger partial charge in [-0.3, -0.25) is 4.79 Å². The molecule has 2 aromatic rings. The second kappa shape index (κ2) is 9.75. The van der Waals surface area contributed by atoms with E-state index in [1.54, 1.807) is 18.7 Å². The zero-order valence-corrected chi connectivity index (χ0v) is 16.7. The van der Waals surface area contributed by atoms with Crippen LogP contribution in [0.3, 0.4) is 0 Å². The summed E-state index contributed by atoms with van der Waals surface area (Å²) >= 11 is 7.63. The fraction of sp³-hybridized carbons (Fsp3) is 0.389. The van der Waals surface area contributed by atoms with Gasteiger partial charge in [-0.25, -0.2) is 9.18 Å². The maximum atomic E-state index is 14.3. The topological polar surface area (TPSA) is 81.4 Å². The van der Waals surface area contributed by atoms with Gasteiger partial charge in [0.05, 0.1) is 17.2 Å². The third kappa shape index (κ3) is 5.01. The normalized spacial score (nSPS) is 11.9. The second-order valence-electron chi connectivity index (χ2n) is 5.62. The monoisotopic (exact) mass is 414 g/mol. The number of hydrogen-bond acceptors (Lipinski definition) is 6. The van der Waals surface area contributed by atoms with Crippen LogP contribution in [0.5, 0.6) is 0 Å². The number of benzene rings is 1. The van der Waals surface area contributed by atoms with Crippen molar-refractivity contribution in [3.63, 3.8) is 0 Å². The predicted molar refractivity (Wildman–Crippen MR) is 103 cm³/mol. The maximum absolute atomic E-state index is 14.3. The van der Waals surface area contributed by atoms with E-state index in [2.05, 4.69) is 10.5 Å². The Morgan fingerprint density at radius 2 is 2.19 bits per heavy atom. The molecule has 1 aromatic heterocycles. The van der Waals surface area contributed by atoms with Crippen molar-refractivity contribution in [2.45, 2.75) is 26.3 Å². The zero-order chi connectivity index (χ0) is 20.0. The van der Waals surface area contributed by atoms with E-state index < -0.39 is 23.7 Å². The first-order valence-electron chi connectivity index (χ1n) is 8.27. The van der Waals surface area contributed by atoms with Gasteiger partial charge in [0.25, 0.3) is 5.91 Å². The lowest BCUT2D eigenvalue weighted by Crippen LogP contribution is -2.42. The van der Waals surface area contributed by atoms with Crippen LogP contribution < -0.4 is 5.32 Å². The summed E-state index contributed by atoms with van der Waals surface area (Å²) in [5.41, 5.74) is -0.0148. The molecule has 1 atom stereocenters. The van der Waals surface area contributed by atoms with Crippen molar-refractivity contribution in [2.24, 2.45) is 0 Å². The van der Waals surface area contributed by atoms with E-state index in [1.807, 2.05) is 6.26 Å². The van der Waals surface area contributed by atoms with Gasteiger partial charge in [-0.1, -0.05) is 22.8 Å². The fourth-order valence-electron chi connectivity index (χ4n) is 2.49. The molecule has 6 nitrogen and oxygen atoms in total. The number of rotatable bonds is 8. The van der Waals surface area contributed by atoms with Crippen molar-refractivity contribution < 1.29 is 23.2 Å². The summed E-state index contributed by atoms with van der Waals surface area (Å²) in [5.74, 6) is -0.927. The molecule has 0 aliphatic rings. The average Bonchev–Trinajstić information content (AvgIpc) is 2.99.